The highest BCUT2D eigenvalue weighted by Gasteiger charge is 2.14. The van der Waals surface area contributed by atoms with Crippen molar-refractivity contribution in [3.63, 3.8) is 0 Å². The Hall–Kier alpha value is -1.03. The highest BCUT2D eigenvalue weighted by molar-refractivity contribution is 5.67. The molecule has 1 aliphatic rings. The van der Waals surface area contributed by atoms with Crippen LogP contribution in [0.1, 0.15) is 39.0 Å². The lowest BCUT2D eigenvalue weighted by Crippen LogP contribution is -2.29. The predicted molar refractivity (Wildman–Crippen MR) is 62.2 cm³/mol. The van der Waals surface area contributed by atoms with E-state index in [1.54, 1.807) is 0 Å². The molecule has 2 atom stereocenters. The van der Waals surface area contributed by atoms with Gasteiger partial charge in [-0.2, -0.15) is 0 Å². The van der Waals surface area contributed by atoms with Crippen LogP contribution in [-0.4, -0.2) is 30.0 Å². The number of alkyl carbamates (subject to hydrolysis) is 1. The molecular formula is C12H21NO3. The summed E-state index contributed by atoms with van der Waals surface area (Å²) in [7, 11) is 0. The minimum absolute atomic E-state index is 0.149. The molecule has 92 valence electrons. The molecule has 16 heavy (non-hydrogen) atoms. The van der Waals surface area contributed by atoms with Gasteiger partial charge < -0.3 is 15.2 Å². The zero-order valence-corrected chi connectivity index (χ0v) is 9.82. The molecule has 2 unspecified atom stereocenters. The molecule has 1 aliphatic carbocycles. The number of ether oxygens (including phenoxy) is 1. The van der Waals surface area contributed by atoms with Gasteiger partial charge in [-0.15, -0.1) is 0 Å². The highest BCUT2D eigenvalue weighted by atomic mass is 16.6. The number of aliphatic hydroxyl groups is 1. The van der Waals surface area contributed by atoms with Gasteiger partial charge >= 0.3 is 6.09 Å². The van der Waals surface area contributed by atoms with Crippen LogP contribution in [-0.2, 0) is 4.74 Å². The molecule has 4 nitrogen and oxygen atoms in total. The van der Waals surface area contributed by atoms with E-state index in [9.17, 15) is 9.90 Å². The number of hydrogen-bond donors (Lipinski definition) is 2. The van der Waals surface area contributed by atoms with Crippen molar-refractivity contribution in [1.82, 2.24) is 5.32 Å². The number of rotatable bonds is 3. The van der Waals surface area contributed by atoms with Crippen molar-refractivity contribution in [2.75, 3.05) is 6.54 Å². The first kappa shape index (κ1) is 13.0. The standard InChI is InChI=1S/C12H21NO3/c1-2-9-13-12(15)16-11-7-3-5-10(14)6-4-8-11/h3,7,10-11,14H,2,4-6,8-9H2,1H3,(H,13,15)/b7-3+. The molecule has 1 amide bonds. The summed E-state index contributed by atoms with van der Waals surface area (Å²) >= 11 is 0. The Morgan fingerprint density at radius 1 is 1.56 bits per heavy atom. The average Bonchev–Trinajstić information content (AvgIpc) is 2.23. The van der Waals surface area contributed by atoms with Crippen molar-refractivity contribution in [3.8, 4) is 0 Å². The van der Waals surface area contributed by atoms with Crippen LogP contribution in [0.3, 0.4) is 0 Å². The van der Waals surface area contributed by atoms with Crippen molar-refractivity contribution in [1.29, 1.82) is 0 Å². The number of aliphatic hydroxyl groups excluding tert-OH is 1. The second-order valence-corrected chi connectivity index (χ2v) is 4.12. The third-order valence-corrected chi connectivity index (χ3v) is 2.56. The molecular weight excluding hydrogens is 206 g/mol. The molecule has 0 saturated heterocycles. The number of carbonyl (C=O) groups is 1. The maximum atomic E-state index is 11.3. The Morgan fingerprint density at radius 3 is 3.12 bits per heavy atom. The summed E-state index contributed by atoms with van der Waals surface area (Å²) in [5.74, 6) is 0. The van der Waals surface area contributed by atoms with Gasteiger partial charge in [0, 0.05) is 6.54 Å². The zero-order valence-electron chi connectivity index (χ0n) is 9.82. The molecule has 2 N–H and O–H groups in total. The lowest BCUT2D eigenvalue weighted by molar-refractivity contribution is 0.105. The number of carbonyl (C=O) groups excluding carboxylic acids is 1. The smallest absolute Gasteiger partial charge is 0.407 e. The summed E-state index contributed by atoms with van der Waals surface area (Å²) in [5.41, 5.74) is 0. The minimum atomic E-state index is -0.349. The SMILES string of the molecule is CCCNC(=O)OC1/C=C/CC(O)CCC1. The molecule has 0 aliphatic heterocycles. The van der Waals surface area contributed by atoms with E-state index in [-0.39, 0.29) is 18.3 Å². The maximum Gasteiger partial charge on any atom is 0.407 e. The maximum absolute atomic E-state index is 11.3. The van der Waals surface area contributed by atoms with Crippen molar-refractivity contribution in [2.45, 2.75) is 51.2 Å². The van der Waals surface area contributed by atoms with Crippen LogP contribution in [0.25, 0.3) is 0 Å². The minimum Gasteiger partial charge on any atom is -0.442 e. The predicted octanol–water partition coefficient (Wildman–Crippen LogP) is 1.98. The molecule has 0 spiro atoms. The molecule has 0 aromatic heterocycles. The molecule has 0 fully saturated rings. The topological polar surface area (TPSA) is 58.6 Å². The van der Waals surface area contributed by atoms with Crippen molar-refractivity contribution >= 4 is 6.09 Å². The van der Waals surface area contributed by atoms with Gasteiger partial charge in [0.2, 0.25) is 0 Å². The average molecular weight is 227 g/mol. The number of nitrogens with one attached hydrogen (secondary N) is 1. The van der Waals surface area contributed by atoms with Crippen LogP contribution < -0.4 is 5.32 Å². The third kappa shape index (κ3) is 5.16. The first-order valence-electron chi connectivity index (χ1n) is 6.01. The largest absolute Gasteiger partial charge is 0.442 e. The monoisotopic (exact) mass is 227 g/mol. The third-order valence-electron chi connectivity index (χ3n) is 2.56. The van der Waals surface area contributed by atoms with E-state index in [0.717, 1.165) is 25.7 Å². The van der Waals surface area contributed by atoms with Gasteiger partial charge in [0.25, 0.3) is 0 Å². The summed E-state index contributed by atoms with van der Waals surface area (Å²) in [4.78, 5) is 11.3. The van der Waals surface area contributed by atoms with Crippen LogP contribution in [0.2, 0.25) is 0 Å². The van der Waals surface area contributed by atoms with Crippen molar-refractivity contribution in [2.24, 2.45) is 0 Å². The summed E-state index contributed by atoms with van der Waals surface area (Å²) in [6.07, 6.45) is 7.02. The normalized spacial score (nSPS) is 27.6. The summed E-state index contributed by atoms with van der Waals surface area (Å²) in [6.45, 7) is 2.64. The molecule has 1 rings (SSSR count). The van der Waals surface area contributed by atoms with Crippen molar-refractivity contribution in [3.05, 3.63) is 12.2 Å². The van der Waals surface area contributed by atoms with E-state index in [2.05, 4.69) is 5.32 Å². The van der Waals surface area contributed by atoms with Crippen LogP contribution in [0, 0.1) is 0 Å². The Kier molecular flexibility index (Phi) is 5.93. The number of hydrogen-bond acceptors (Lipinski definition) is 3. The summed E-state index contributed by atoms with van der Waals surface area (Å²) in [5, 5.41) is 12.1. The lowest BCUT2D eigenvalue weighted by Gasteiger charge is -2.18. The molecule has 0 bridgehead atoms. The van der Waals surface area contributed by atoms with Gasteiger partial charge in [0.1, 0.15) is 6.10 Å². The summed E-state index contributed by atoms with van der Waals surface area (Å²) in [6, 6.07) is 0. The van der Waals surface area contributed by atoms with Gasteiger partial charge in [-0.3, -0.25) is 0 Å². The van der Waals surface area contributed by atoms with Crippen LogP contribution in [0.4, 0.5) is 4.79 Å². The van der Waals surface area contributed by atoms with E-state index in [1.165, 1.54) is 0 Å². The van der Waals surface area contributed by atoms with Crippen molar-refractivity contribution < 1.29 is 14.6 Å². The van der Waals surface area contributed by atoms with E-state index in [4.69, 9.17) is 4.74 Å². The number of amides is 1. The van der Waals surface area contributed by atoms with E-state index in [0.29, 0.717) is 13.0 Å². The molecule has 0 aromatic rings. The Bertz CT molecular complexity index is 240. The van der Waals surface area contributed by atoms with Gasteiger partial charge in [0.15, 0.2) is 0 Å². The molecule has 0 aromatic carbocycles. The Morgan fingerprint density at radius 2 is 2.38 bits per heavy atom. The first-order chi connectivity index (χ1) is 7.72. The summed E-state index contributed by atoms with van der Waals surface area (Å²) < 4.78 is 5.25. The van der Waals surface area contributed by atoms with Gasteiger partial charge in [0.05, 0.1) is 6.10 Å². The van der Waals surface area contributed by atoms with Gasteiger partial charge in [-0.05, 0) is 38.2 Å². The Labute approximate surface area is 96.7 Å². The van der Waals surface area contributed by atoms with E-state index < -0.39 is 0 Å². The van der Waals surface area contributed by atoms with Crippen LogP contribution in [0.5, 0.6) is 0 Å². The van der Waals surface area contributed by atoms with Gasteiger partial charge in [-0.1, -0.05) is 13.0 Å². The fraction of sp³-hybridized carbons (Fsp3) is 0.750. The fourth-order valence-corrected chi connectivity index (χ4v) is 1.66. The molecule has 0 heterocycles. The molecule has 4 heteroatoms. The lowest BCUT2D eigenvalue weighted by atomic mass is 10.0. The van der Waals surface area contributed by atoms with Crippen LogP contribution in [0.15, 0.2) is 12.2 Å². The van der Waals surface area contributed by atoms with E-state index in [1.807, 2.05) is 19.1 Å². The quantitative estimate of drug-likeness (QED) is 0.725. The molecule has 0 radical (unpaired) electrons. The Balaban J connectivity index is 2.32. The highest BCUT2D eigenvalue weighted by Crippen LogP contribution is 2.14. The van der Waals surface area contributed by atoms with Crippen LogP contribution >= 0.6 is 0 Å². The van der Waals surface area contributed by atoms with Gasteiger partial charge in [-0.25, -0.2) is 4.79 Å². The first-order valence-corrected chi connectivity index (χ1v) is 6.01. The fourth-order valence-electron chi connectivity index (χ4n) is 1.66. The zero-order chi connectivity index (χ0) is 11.8. The van der Waals surface area contributed by atoms with E-state index >= 15 is 0 Å². The second-order valence-electron chi connectivity index (χ2n) is 4.12. The molecule has 0 saturated carbocycles. The second kappa shape index (κ2) is 7.28.